The number of hydrogen-bond acceptors (Lipinski definition) is 3. The summed E-state index contributed by atoms with van der Waals surface area (Å²) in [5.74, 6) is 0. The molecule has 0 bridgehead atoms. The molecular weight excluding hydrogens is 174 g/mol. The number of halogens is 2. The zero-order valence-electron chi connectivity index (χ0n) is 3.88. The Labute approximate surface area is 56.6 Å². The van der Waals surface area contributed by atoms with Crippen molar-refractivity contribution in [2.75, 3.05) is 13.2 Å². The van der Waals surface area contributed by atoms with E-state index >= 15 is 0 Å². The van der Waals surface area contributed by atoms with Crippen molar-refractivity contribution in [3.63, 3.8) is 0 Å². The van der Waals surface area contributed by atoms with Gasteiger partial charge in [0.15, 0.2) is 0 Å². The monoisotopic (exact) mass is 178 g/mol. The highest BCUT2D eigenvalue weighted by Gasteiger charge is 2.12. The second kappa shape index (κ2) is 3.70. The molecule has 50 valence electrons. The maximum atomic E-state index is 10.2. The van der Waals surface area contributed by atoms with Gasteiger partial charge in [0.2, 0.25) is 0 Å². The minimum atomic E-state index is -3.40. The summed E-state index contributed by atoms with van der Waals surface area (Å²) in [5, 5.41) is 8.07. The van der Waals surface area contributed by atoms with E-state index in [1.807, 2.05) is 0 Å². The van der Waals surface area contributed by atoms with Gasteiger partial charge in [0, 0.05) is 0 Å². The lowest BCUT2D eigenvalue weighted by molar-refractivity contribution is 0.209. The average molecular weight is 179 g/mol. The van der Waals surface area contributed by atoms with Crippen LogP contribution in [0.5, 0.6) is 0 Å². The van der Waals surface area contributed by atoms with Gasteiger partial charge in [-0.25, -0.2) is 0 Å². The lowest BCUT2D eigenvalue weighted by Gasteiger charge is -1.98. The second-order valence-corrected chi connectivity index (χ2v) is 5.25. The maximum Gasteiger partial charge on any atom is 0.380 e. The van der Waals surface area contributed by atoms with Crippen LogP contribution in [0.25, 0.3) is 0 Å². The molecule has 0 aromatic carbocycles. The normalized spacial score (nSPS) is 11.9. The molecule has 0 heterocycles. The van der Waals surface area contributed by atoms with Crippen molar-refractivity contribution in [3.8, 4) is 0 Å². The summed E-state index contributed by atoms with van der Waals surface area (Å²) in [6, 6.07) is 0. The Morgan fingerprint density at radius 3 is 2.25 bits per heavy atom. The third kappa shape index (κ3) is 6.73. The van der Waals surface area contributed by atoms with Gasteiger partial charge < -0.3 is 9.63 Å². The summed E-state index contributed by atoms with van der Waals surface area (Å²) >= 11 is 9.80. The molecule has 8 heavy (non-hydrogen) atoms. The van der Waals surface area contributed by atoms with Crippen LogP contribution in [-0.4, -0.2) is 18.3 Å². The number of aliphatic hydroxyl groups is 1. The number of hydrogen-bond donors (Lipinski definition) is 1. The van der Waals surface area contributed by atoms with E-state index in [4.69, 9.17) is 27.6 Å². The largest absolute Gasteiger partial charge is 0.394 e. The van der Waals surface area contributed by atoms with E-state index in [9.17, 15) is 4.57 Å². The molecule has 0 spiro atoms. The Morgan fingerprint density at radius 1 is 1.62 bits per heavy atom. The van der Waals surface area contributed by atoms with Crippen molar-refractivity contribution >= 4 is 28.6 Å². The van der Waals surface area contributed by atoms with Crippen molar-refractivity contribution in [1.29, 1.82) is 0 Å². The molecule has 3 nitrogen and oxygen atoms in total. The zero-order valence-corrected chi connectivity index (χ0v) is 6.29. The minimum Gasteiger partial charge on any atom is -0.394 e. The van der Waals surface area contributed by atoms with Crippen molar-refractivity contribution in [2.24, 2.45) is 0 Å². The van der Waals surface area contributed by atoms with E-state index in [-0.39, 0.29) is 13.2 Å². The average Bonchev–Trinajstić information content (AvgIpc) is 1.59. The van der Waals surface area contributed by atoms with E-state index < -0.39 is 6.07 Å². The molecule has 0 saturated carbocycles. The predicted octanol–water partition coefficient (Wildman–Crippen LogP) is 1.58. The van der Waals surface area contributed by atoms with E-state index in [1.165, 1.54) is 0 Å². The van der Waals surface area contributed by atoms with Crippen LogP contribution in [0.3, 0.4) is 0 Å². The standard InChI is InChI=1S/C2H5Cl2O3P/c3-8(4,6)7-2-1-5/h5H,1-2H2. The van der Waals surface area contributed by atoms with Crippen molar-refractivity contribution in [2.45, 2.75) is 0 Å². The molecule has 0 aliphatic heterocycles. The molecule has 0 radical (unpaired) electrons. The molecule has 0 rings (SSSR count). The molecule has 0 aromatic rings. The molecule has 0 saturated heterocycles. The Balaban J connectivity index is 3.26. The van der Waals surface area contributed by atoms with Gasteiger partial charge in [0.25, 0.3) is 0 Å². The van der Waals surface area contributed by atoms with Crippen LogP contribution in [0.2, 0.25) is 0 Å². The van der Waals surface area contributed by atoms with Gasteiger partial charge in [-0.15, -0.1) is 0 Å². The summed E-state index contributed by atoms with van der Waals surface area (Å²) in [6.07, 6.45) is -3.40. The number of rotatable bonds is 3. The molecule has 6 heteroatoms. The van der Waals surface area contributed by atoms with Crippen LogP contribution in [-0.2, 0) is 9.09 Å². The van der Waals surface area contributed by atoms with Crippen LogP contribution in [0.1, 0.15) is 0 Å². The van der Waals surface area contributed by atoms with Gasteiger partial charge in [0.1, 0.15) is 0 Å². The van der Waals surface area contributed by atoms with Gasteiger partial charge in [-0.3, -0.25) is 4.57 Å². The highest BCUT2D eigenvalue weighted by molar-refractivity contribution is 8.05. The fraction of sp³-hybridized carbons (Fsp3) is 1.00. The van der Waals surface area contributed by atoms with Gasteiger partial charge >= 0.3 is 6.07 Å². The van der Waals surface area contributed by atoms with Crippen molar-refractivity contribution in [1.82, 2.24) is 0 Å². The third-order valence-electron chi connectivity index (χ3n) is 0.333. The molecule has 0 aliphatic carbocycles. The van der Waals surface area contributed by atoms with E-state index in [0.29, 0.717) is 0 Å². The van der Waals surface area contributed by atoms with Crippen LogP contribution in [0, 0.1) is 0 Å². The van der Waals surface area contributed by atoms with Gasteiger partial charge in [-0.05, 0) is 22.5 Å². The van der Waals surface area contributed by atoms with Crippen LogP contribution < -0.4 is 0 Å². The zero-order chi connectivity index (χ0) is 6.62. The Morgan fingerprint density at radius 2 is 2.12 bits per heavy atom. The number of aliphatic hydroxyl groups excluding tert-OH is 1. The Bertz CT molecular complexity index is 99.5. The first-order valence-electron chi connectivity index (χ1n) is 1.81. The highest BCUT2D eigenvalue weighted by atomic mass is 35.9. The summed E-state index contributed by atoms with van der Waals surface area (Å²) in [7, 11) is 0. The van der Waals surface area contributed by atoms with Crippen LogP contribution in [0.4, 0.5) is 0 Å². The lowest BCUT2D eigenvalue weighted by atomic mass is 10.8. The molecule has 0 fully saturated rings. The fourth-order valence-electron chi connectivity index (χ4n) is 0.147. The van der Waals surface area contributed by atoms with Crippen LogP contribution in [0.15, 0.2) is 0 Å². The van der Waals surface area contributed by atoms with Gasteiger partial charge in [0.05, 0.1) is 13.2 Å². The maximum absolute atomic E-state index is 10.2. The van der Waals surface area contributed by atoms with Crippen molar-refractivity contribution < 1.29 is 14.2 Å². The fourth-order valence-corrected chi connectivity index (χ4v) is 0.855. The van der Waals surface area contributed by atoms with E-state index in [1.54, 1.807) is 0 Å². The molecule has 0 amide bonds. The van der Waals surface area contributed by atoms with Gasteiger partial charge in [-0.2, -0.15) is 0 Å². The van der Waals surface area contributed by atoms with E-state index in [2.05, 4.69) is 4.52 Å². The predicted molar refractivity (Wildman–Crippen MR) is 32.4 cm³/mol. The third-order valence-corrected chi connectivity index (χ3v) is 1.40. The summed E-state index contributed by atoms with van der Waals surface area (Å²) in [6.45, 7) is -0.326. The summed E-state index contributed by atoms with van der Waals surface area (Å²) < 4.78 is 14.4. The summed E-state index contributed by atoms with van der Waals surface area (Å²) in [5.41, 5.74) is 0. The first-order valence-corrected chi connectivity index (χ1v) is 5.24. The molecule has 0 atom stereocenters. The topological polar surface area (TPSA) is 46.5 Å². The highest BCUT2D eigenvalue weighted by Crippen LogP contribution is 2.57. The van der Waals surface area contributed by atoms with Gasteiger partial charge in [-0.1, -0.05) is 0 Å². The minimum absolute atomic E-state index is 0.0930. The quantitative estimate of drug-likeness (QED) is 0.668. The SMILES string of the molecule is O=P(Cl)(Cl)OCCO. The molecular formula is C2H5Cl2O3P. The van der Waals surface area contributed by atoms with Crippen LogP contribution >= 0.6 is 28.6 Å². The molecule has 1 N–H and O–H groups in total. The second-order valence-electron chi connectivity index (χ2n) is 0.971. The summed E-state index contributed by atoms with van der Waals surface area (Å²) in [4.78, 5) is 0. The Kier molecular flexibility index (Phi) is 4.04. The molecule has 0 unspecified atom stereocenters. The lowest BCUT2D eigenvalue weighted by Crippen LogP contribution is -1.91. The molecule has 0 aliphatic rings. The Hall–Kier alpha value is 0.730. The van der Waals surface area contributed by atoms with Crippen molar-refractivity contribution in [3.05, 3.63) is 0 Å². The first kappa shape index (κ1) is 8.73. The molecule has 0 aromatic heterocycles. The van der Waals surface area contributed by atoms with E-state index in [0.717, 1.165) is 0 Å². The smallest absolute Gasteiger partial charge is 0.380 e. The first-order chi connectivity index (χ1) is 3.56.